The zero-order valence-electron chi connectivity index (χ0n) is 12.7. The average Bonchev–Trinajstić information content (AvgIpc) is 2.95. The van der Waals surface area contributed by atoms with Crippen LogP contribution in [0.5, 0.6) is 0 Å². The number of carbonyl (C=O) groups excluding carboxylic acids is 1. The molecule has 0 unspecified atom stereocenters. The second kappa shape index (κ2) is 5.34. The predicted octanol–water partition coefficient (Wildman–Crippen LogP) is 3.08. The van der Waals surface area contributed by atoms with Crippen molar-refractivity contribution in [3.63, 3.8) is 0 Å². The molecule has 3 aromatic rings. The van der Waals surface area contributed by atoms with Crippen molar-refractivity contribution in [1.82, 2.24) is 14.7 Å². The largest absolute Gasteiger partial charge is 0.366 e. The number of primary amides is 1. The number of hydrogen-bond acceptors (Lipinski definition) is 5. The Kier molecular flexibility index (Phi) is 3.30. The number of rotatable bonds is 5. The molecule has 23 heavy (non-hydrogen) atoms. The van der Waals surface area contributed by atoms with Gasteiger partial charge in [-0.3, -0.25) is 4.79 Å². The minimum Gasteiger partial charge on any atom is -0.366 e. The highest BCUT2D eigenvalue weighted by Gasteiger charge is 2.26. The van der Waals surface area contributed by atoms with E-state index in [9.17, 15) is 4.79 Å². The molecule has 1 aliphatic rings. The molecule has 1 aliphatic carbocycles. The molecule has 0 aliphatic heterocycles. The summed E-state index contributed by atoms with van der Waals surface area (Å²) in [5.41, 5.74) is 8.75. The molecule has 0 spiro atoms. The van der Waals surface area contributed by atoms with Crippen LogP contribution in [0.15, 0.2) is 28.2 Å². The molecular weight excluding hydrogens is 312 g/mol. The van der Waals surface area contributed by atoms with E-state index >= 15 is 0 Å². The van der Waals surface area contributed by atoms with Crippen LogP contribution in [0.1, 0.15) is 28.9 Å². The van der Waals surface area contributed by atoms with Crippen LogP contribution in [0, 0.1) is 12.8 Å². The van der Waals surface area contributed by atoms with Crippen molar-refractivity contribution in [2.75, 3.05) is 0 Å². The Morgan fingerprint density at radius 2 is 2.35 bits per heavy atom. The Labute approximate surface area is 136 Å². The van der Waals surface area contributed by atoms with E-state index in [-0.39, 0.29) is 0 Å². The summed E-state index contributed by atoms with van der Waals surface area (Å²) in [6.07, 6.45) is 4.08. The predicted molar refractivity (Wildman–Crippen MR) is 87.0 cm³/mol. The summed E-state index contributed by atoms with van der Waals surface area (Å²) in [6.45, 7) is 2.85. The monoisotopic (exact) mass is 328 g/mol. The molecule has 0 aromatic carbocycles. The molecule has 1 fully saturated rings. The lowest BCUT2D eigenvalue weighted by molar-refractivity contribution is 0.0999. The molecular formula is C16H16N4O2S. The third-order valence-electron chi connectivity index (χ3n) is 4.18. The van der Waals surface area contributed by atoms with Gasteiger partial charge in [0.15, 0.2) is 10.8 Å². The van der Waals surface area contributed by atoms with Gasteiger partial charge in [-0.05, 0) is 31.7 Å². The topological polar surface area (TPSA) is 86.9 Å². The summed E-state index contributed by atoms with van der Waals surface area (Å²) < 4.78 is 7.32. The Balaban J connectivity index is 1.78. The minimum atomic E-state index is -0.399. The van der Waals surface area contributed by atoms with Crippen LogP contribution in [0.3, 0.4) is 0 Å². The fourth-order valence-electron chi connectivity index (χ4n) is 2.73. The lowest BCUT2D eigenvalue weighted by atomic mass is 10.2. The number of amides is 1. The highest BCUT2D eigenvalue weighted by molar-refractivity contribution is 7.13. The van der Waals surface area contributed by atoms with E-state index < -0.39 is 5.91 Å². The van der Waals surface area contributed by atoms with Crippen molar-refractivity contribution < 1.29 is 9.32 Å². The summed E-state index contributed by atoms with van der Waals surface area (Å²) in [7, 11) is 0. The van der Waals surface area contributed by atoms with Gasteiger partial charge in [-0.1, -0.05) is 5.16 Å². The SMILES string of the molecule is Cc1c(C(N)=O)cc(-c2csc(-c3ccno3)n2)n1CC1CC1. The van der Waals surface area contributed by atoms with Gasteiger partial charge in [-0.15, -0.1) is 11.3 Å². The second-order valence-electron chi connectivity index (χ2n) is 5.86. The Bertz CT molecular complexity index is 859. The molecule has 7 heteroatoms. The number of aromatic nitrogens is 3. The highest BCUT2D eigenvalue weighted by Crippen LogP contribution is 2.36. The first-order valence-electron chi connectivity index (χ1n) is 7.50. The van der Waals surface area contributed by atoms with E-state index in [4.69, 9.17) is 10.3 Å². The molecule has 6 nitrogen and oxygen atoms in total. The van der Waals surface area contributed by atoms with Crippen molar-refractivity contribution in [2.45, 2.75) is 26.3 Å². The van der Waals surface area contributed by atoms with E-state index in [1.54, 1.807) is 12.3 Å². The van der Waals surface area contributed by atoms with Crippen LogP contribution < -0.4 is 5.73 Å². The third-order valence-corrected chi connectivity index (χ3v) is 5.04. The molecule has 118 valence electrons. The number of thiazole rings is 1. The maximum absolute atomic E-state index is 11.7. The number of carbonyl (C=O) groups is 1. The third kappa shape index (κ3) is 2.57. The summed E-state index contributed by atoms with van der Waals surface area (Å²) in [5, 5.41) is 6.46. The van der Waals surface area contributed by atoms with Gasteiger partial charge in [0.05, 0.1) is 23.1 Å². The van der Waals surface area contributed by atoms with Crippen LogP contribution in [0.25, 0.3) is 22.2 Å². The van der Waals surface area contributed by atoms with Gasteiger partial charge in [0.25, 0.3) is 5.91 Å². The van der Waals surface area contributed by atoms with Crippen LogP contribution in [-0.4, -0.2) is 20.6 Å². The lowest BCUT2D eigenvalue weighted by Gasteiger charge is -2.09. The molecule has 2 N–H and O–H groups in total. The van der Waals surface area contributed by atoms with E-state index in [0.717, 1.165) is 28.6 Å². The zero-order valence-corrected chi connectivity index (χ0v) is 13.5. The molecule has 3 heterocycles. The van der Waals surface area contributed by atoms with Crippen LogP contribution in [0.4, 0.5) is 0 Å². The summed E-state index contributed by atoms with van der Waals surface area (Å²) in [4.78, 5) is 16.3. The molecule has 0 atom stereocenters. The van der Waals surface area contributed by atoms with Crippen LogP contribution in [-0.2, 0) is 6.54 Å². The van der Waals surface area contributed by atoms with Gasteiger partial charge < -0.3 is 14.8 Å². The molecule has 1 amide bonds. The number of nitrogens with zero attached hydrogens (tertiary/aromatic N) is 3. The van der Waals surface area contributed by atoms with Crippen molar-refractivity contribution in [2.24, 2.45) is 11.7 Å². The first-order chi connectivity index (χ1) is 11.1. The fourth-order valence-corrected chi connectivity index (χ4v) is 3.50. The van der Waals surface area contributed by atoms with Crippen molar-refractivity contribution in [1.29, 1.82) is 0 Å². The van der Waals surface area contributed by atoms with Gasteiger partial charge >= 0.3 is 0 Å². The Hall–Kier alpha value is -2.41. The summed E-state index contributed by atoms with van der Waals surface area (Å²) >= 11 is 1.49. The van der Waals surface area contributed by atoms with E-state index in [1.165, 1.54) is 24.2 Å². The maximum Gasteiger partial charge on any atom is 0.250 e. The average molecular weight is 328 g/mol. The minimum absolute atomic E-state index is 0.399. The summed E-state index contributed by atoms with van der Waals surface area (Å²) in [6, 6.07) is 3.63. The van der Waals surface area contributed by atoms with Gasteiger partial charge in [-0.2, -0.15) is 0 Å². The Morgan fingerprint density at radius 3 is 3.00 bits per heavy atom. The summed E-state index contributed by atoms with van der Waals surface area (Å²) in [5.74, 6) is 0.935. The number of nitrogens with two attached hydrogens (primary N) is 1. The molecule has 3 aromatic heterocycles. The quantitative estimate of drug-likeness (QED) is 0.779. The molecule has 0 radical (unpaired) electrons. The smallest absolute Gasteiger partial charge is 0.250 e. The highest BCUT2D eigenvalue weighted by atomic mass is 32.1. The van der Waals surface area contributed by atoms with Gasteiger partial charge in [0.1, 0.15) is 0 Å². The first kappa shape index (κ1) is 14.2. The molecule has 0 saturated heterocycles. The normalized spacial score (nSPS) is 14.3. The zero-order chi connectivity index (χ0) is 16.0. The second-order valence-corrected chi connectivity index (χ2v) is 6.72. The van der Waals surface area contributed by atoms with Crippen molar-refractivity contribution in [3.05, 3.63) is 35.0 Å². The molecule has 1 saturated carbocycles. The molecule has 4 rings (SSSR count). The van der Waals surface area contributed by atoms with E-state index in [0.29, 0.717) is 17.2 Å². The van der Waals surface area contributed by atoms with Crippen LogP contribution in [0.2, 0.25) is 0 Å². The van der Waals surface area contributed by atoms with Crippen molar-refractivity contribution >= 4 is 17.2 Å². The lowest BCUT2D eigenvalue weighted by Crippen LogP contribution is -2.12. The first-order valence-corrected chi connectivity index (χ1v) is 8.38. The van der Waals surface area contributed by atoms with Gasteiger partial charge in [0, 0.05) is 23.7 Å². The standard InChI is InChI=1S/C16H16N4O2S/c1-9-11(15(17)21)6-13(20(9)7-10-2-3-10)12-8-23-16(19-12)14-4-5-18-22-14/h4-6,8,10H,2-3,7H2,1H3,(H2,17,21). The van der Waals surface area contributed by atoms with E-state index in [1.807, 2.05) is 18.4 Å². The van der Waals surface area contributed by atoms with Crippen LogP contribution >= 0.6 is 11.3 Å². The fraction of sp³-hybridized carbons (Fsp3) is 0.312. The molecule has 0 bridgehead atoms. The maximum atomic E-state index is 11.7. The van der Waals surface area contributed by atoms with Crippen molar-refractivity contribution in [3.8, 4) is 22.2 Å². The Morgan fingerprint density at radius 1 is 1.52 bits per heavy atom. The van der Waals surface area contributed by atoms with E-state index in [2.05, 4.69) is 14.7 Å². The van der Waals surface area contributed by atoms with Gasteiger partial charge in [-0.25, -0.2) is 4.98 Å². The number of hydrogen-bond donors (Lipinski definition) is 1. The van der Waals surface area contributed by atoms with Gasteiger partial charge in [0.2, 0.25) is 0 Å².